The maximum atomic E-state index is 5.56. The molecule has 1 aliphatic rings. The first-order valence-electron chi connectivity index (χ1n) is 10.3. The van der Waals surface area contributed by atoms with E-state index in [1.165, 1.54) is 5.52 Å². The molecule has 0 radical (unpaired) electrons. The summed E-state index contributed by atoms with van der Waals surface area (Å²) in [5.41, 5.74) is 2.28. The molecule has 0 saturated carbocycles. The fourth-order valence-electron chi connectivity index (χ4n) is 3.81. The van der Waals surface area contributed by atoms with Crippen molar-refractivity contribution in [3.63, 3.8) is 0 Å². The van der Waals surface area contributed by atoms with Gasteiger partial charge in [0, 0.05) is 44.6 Å². The van der Waals surface area contributed by atoms with E-state index in [0.29, 0.717) is 0 Å². The number of benzene rings is 1. The molecule has 2 N–H and O–H groups in total. The number of nitrogens with zero attached hydrogens (tertiary/aromatic N) is 3. The molecule has 1 aromatic heterocycles. The number of aryl methyl sites for hydroxylation is 2. The molecule has 1 fully saturated rings. The standard InChI is InChI=1S/C21H33N5OS.HI/c1-4-28-21(10-14-27-15-11-21)16-24-20(22-3)23-12-7-13-26-17(2)25-18-8-5-6-9-19(18)26;/h5-6,8-9H,4,7,10-16H2,1-3H3,(H2,22,23,24);1H. The number of hydrogen-bond donors (Lipinski definition) is 2. The van der Waals surface area contributed by atoms with Crippen molar-refractivity contribution in [2.24, 2.45) is 4.99 Å². The van der Waals surface area contributed by atoms with E-state index in [1.54, 1.807) is 0 Å². The van der Waals surface area contributed by atoms with E-state index in [4.69, 9.17) is 4.74 Å². The fraction of sp³-hybridized carbons (Fsp3) is 0.619. The van der Waals surface area contributed by atoms with Crippen molar-refractivity contribution in [2.45, 2.75) is 44.4 Å². The molecule has 0 atom stereocenters. The number of ether oxygens (including phenoxy) is 1. The van der Waals surface area contributed by atoms with E-state index in [1.807, 2.05) is 24.9 Å². The second kappa shape index (κ2) is 12.0. The number of fused-ring (bicyclic) bond motifs is 1. The minimum absolute atomic E-state index is 0. The van der Waals surface area contributed by atoms with Crippen molar-refractivity contribution < 1.29 is 4.74 Å². The molecule has 29 heavy (non-hydrogen) atoms. The van der Waals surface area contributed by atoms with E-state index >= 15 is 0 Å². The van der Waals surface area contributed by atoms with Gasteiger partial charge in [0.25, 0.3) is 0 Å². The zero-order valence-corrected chi connectivity index (χ0v) is 20.9. The molecular formula is C21H34IN5OS. The van der Waals surface area contributed by atoms with E-state index in [-0.39, 0.29) is 28.7 Å². The molecule has 1 aliphatic heterocycles. The molecule has 8 heteroatoms. The van der Waals surface area contributed by atoms with Crippen molar-refractivity contribution in [3.05, 3.63) is 30.1 Å². The quantitative estimate of drug-likeness (QED) is 0.235. The molecule has 0 aliphatic carbocycles. The normalized spacial score (nSPS) is 16.4. The average molecular weight is 532 g/mol. The highest BCUT2D eigenvalue weighted by molar-refractivity contribution is 14.0. The van der Waals surface area contributed by atoms with Crippen LogP contribution >= 0.6 is 35.7 Å². The van der Waals surface area contributed by atoms with Crippen LogP contribution in [0.15, 0.2) is 29.3 Å². The van der Waals surface area contributed by atoms with Crippen molar-refractivity contribution in [1.29, 1.82) is 0 Å². The van der Waals surface area contributed by atoms with E-state index in [2.05, 4.69) is 57.2 Å². The average Bonchev–Trinajstić information content (AvgIpc) is 3.03. The smallest absolute Gasteiger partial charge is 0.191 e. The molecular weight excluding hydrogens is 497 g/mol. The summed E-state index contributed by atoms with van der Waals surface area (Å²) in [6, 6.07) is 8.33. The third-order valence-electron chi connectivity index (χ3n) is 5.35. The third-order valence-corrected chi connectivity index (χ3v) is 6.81. The molecule has 2 heterocycles. The second-order valence-corrected chi connectivity index (χ2v) is 8.97. The Hall–Kier alpha value is -1.000. The lowest BCUT2D eigenvalue weighted by Crippen LogP contribution is -2.48. The van der Waals surface area contributed by atoms with Crippen LogP contribution in [0.4, 0.5) is 0 Å². The molecule has 3 rings (SSSR count). The van der Waals surface area contributed by atoms with Gasteiger partial charge in [0.2, 0.25) is 0 Å². The van der Waals surface area contributed by atoms with Gasteiger partial charge in [-0.05, 0) is 44.1 Å². The van der Waals surface area contributed by atoms with Crippen LogP contribution in [-0.2, 0) is 11.3 Å². The second-order valence-electron chi connectivity index (χ2n) is 7.23. The molecule has 0 spiro atoms. The van der Waals surface area contributed by atoms with E-state index in [9.17, 15) is 0 Å². The number of thioether (sulfide) groups is 1. The lowest BCUT2D eigenvalue weighted by Gasteiger charge is -2.37. The summed E-state index contributed by atoms with van der Waals surface area (Å²) >= 11 is 2.05. The largest absolute Gasteiger partial charge is 0.381 e. The van der Waals surface area contributed by atoms with Gasteiger partial charge in [-0.15, -0.1) is 24.0 Å². The monoisotopic (exact) mass is 531 g/mol. The van der Waals surface area contributed by atoms with Crippen LogP contribution in [0.2, 0.25) is 0 Å². The Balaban J connectivity index is 0.00000300. The Morgan fingerprint density at radius 1 is 1.28 bits per heavy atom. The molecule has 1 saturated heterocycles. The topological polar surface area (TPSA) is 63.5 Å². The molecule has 0 bridgehead atoms. The van der Waals surface area contributed by atoms with Crippen LogP contribution < -0.4 is 10.6 Å². The Bertz CT molecular complexity index is 783. The molecule has 162 valence electrons. The highest BCUT2D eigenvalue weighted by Gasteiger charge is 2.32. The minimum atomic E-state index is 0. The van der Waals surface area contributed by atoms with Crippen molar-refractivity contribution in [2.75, 3.05) is 39.1 Å². The van der Waals surface area contributed by atoms with Crippen LogP contribution in [0, 0.1) is 6.92 Å². The first-order valence-corrected chi connectivity index (χ1v) is 11.2. The zero-order valence-electron chi connectivity index (χ0n) is 17.7. The Morgan fingerprint density at radius 3 is 2.76 bits per heavy atom. The number of aromatic nitrogens is 2. The summed E-state index contributed by atoms with van der Waals surface area (Å²) in [5.74, 6) is 3.09. The summed E-state index contributed by atoms with van der Waals surface area (Å²) < 4.78 is 8.12. The van der Waals surface area contributed by atoms with Gasteiger partial charge >= 0.3 is 0 Å². The third kappa shape index (κ3) is 6.49. The highest BCUT2D eigenvalue weighted by atomic mass is 127. The molecule has 0 unspecified atom stereocenters. The fourth-order valence-corrected chi connectivity index (χ4v) is 5.05. The first kappa shape index (κ1) is 24.3. The maximum Gasteiger partial charge on any atom is 0.191 e. The van der Waals surface area contributed by atoms with Gasteiger partial charge < -0.3 is 19.9 Å². The minimum Gasteiger partial charge on any atom is -0.381 e. The van der Waals surface area contributed by atoms with Gasteiger partial charge in [-0.2, -0.15) is 11.8 Å². The summed E-state index contributed by atoms with van der Waals surface area (Å²) in [4.78, 5) is 9.04. The van der Waals surface area contributed by atoms with Gasteiger partial charge in [0.05, 0.1) is 11.0 Å². The van der Waals surface area contributed by atoms with Gasteiger partial charge in [-0.1, -0.05) is 19.1 Å². The van der Waals surface area contributed by atoms with Crippen LogP contribution in [0.25, 0.3) is 11.0 Å². The summed E-state index contributed by atoms with van der Waals surface area (Å²) in [5, 5.41) is 7.01. The number of para-hydroxylation sites is 2. The molecule has 0 amide bonds. The maximum absolute atomic E-state index is 5.56. The number of hydrogen-bond acceptors (Lipinski definition) is 4. The Kier molecular flexibility index (Phi) is 10.0. The van der Waals surface area contributed by atoms with Crippen LogP contribution in [0.1, 0.15) is 32.0 Å². The number of aliphatic imine (C=N–C) groups is 1. The number of guanidine groups is 1. The number of rotatable bonds is 8. The van der Waals surface area contributed by atoms with Crippen molar-refractivity contribution >= 4 is 52.7 Å². The molecule has 2 aromatic rings. The van der Waals surface area contributed by atoms with Gasteiger partial charge in [-0.3, -0.25) is 4.99 Å². The number of halogens is 1. The van der Waals surface area contributed by atoms with Crippen molar-refractivity contribution in [3.8, 4) is 0 Å². The first-order chi connectivity index (χ1) is 13.7. The molecule has 6 nitrogen and oxygen atoms in total. The Morgan fingerprint density at radius 2 is 2.03 bits per heavy atom. The summed E-state index contributed by atoms with van der Waals surface area (Å²) in [6.45, 7) is 8.78. The van der Waals surface area contributed by atoms with E-state index in [0.717, 1.165) is 75.2 Å². The summed E-state index contributed by atoms with van der Waals surface area (Å²) in [7, 11) is 1.84. The van der Waals surface area contributed by atoms with Gasteiger partial charge in [0.1, 0.15) is 5.82 Å². The van der Waals surface area contributed by atoms with E-state index < -0.39 is 0 Å². The van der Waals surface area contributed by atoms with Crippen LogP contribution in [0.5, 0.6) is 0 Å². The lowest BCUT2D eigenvalue weighted by atomic mass is 9.99. The van der Waals surface area contributed by atoms with Crippen LogP contribution in [0.3, 0.4) is 0 Å². The number of imidazole rings is 1. The van der Waals surface area contributed by atoms with Gasteiger partial charge in [-0.25, -0.2) is 4.98 Å². The predicted octanol–water partition coefficient (Wildman–Crippen LogP) is 3.82. The number of nitrogens with one attached hydrogen (secondary N) is 2. The summed E-state index contributed by atoms with van der Waals surface area (Å²) in [6.07, 6.45) is 3.22. The highest BCUT2D eigenvalue weighted by Crippen LogP contribution is 2.34. The van der Waals surface area contributed by atoms with Gasteiger partial charge in [0.15, 0.2) is 5.96 Å². The van der Waals surface area contributed by atoms with Crippen molar-refractivity contribution in [1.82, 2.24) is 20.2 Å². The zero-order chi connectivity index (χ0) is 19.8. The Labute approximate surface area is 195 Å². The predicted molar refractivity (Wildman–Crippen MR) is 135 cm³/mol. The van der Waals surface area contributed by atoms with Crippen LogP contribution in [-0.4, -0.2) is 59.4 Å². The lowest BCUT2D eigenvalue weighted by molar-refractivity contribution is 0.0782. The SMILES string of the molecule is CCSC1(CNC(=NC)NCCCn2c(C)nc3ccccc32)CCOCC1.I. The molecule has 1 aromatic carbocycles.